The molecule has 0 saturated heterocycles. The van der Waals surface area contributed by atoms with Crippen LogP contribution in [0, 0.1) is 0 Å². The van der Waals surface area contributed by atoms with E-state index in [0.717, 1.165) is 23.3 Å². The number of hydrogen-bond acceptors (Lipinski definition) is 5. The molecule has 0 spiro atoms. The topological polar surface area (TPSA) is 64.6 Å². The van der Waals surface area contributed by atoms with Crippen LogP contribution in [-0.4, -0.2) is 25.6 Å². The molecule has 0 fully saturated rings. The predicted molar refractivity (Wildman–Crippen MR) is 95.8 cm³/mol. The van der Waals surface area contributed by atoms with Crippen LogP contribution in [0.2, 0.25) is 0 Å². The summed E-state index contributed by atoms with van der Waals surface area (Å²) in [6, 6.07) is 7.41. The van der Waals surface area contributed by atoms with Crippen LogP contribution in [0.1, 0.15) is 37.0 Å². The van der Waals surface area contributed by atoms with Gasteiger partial charge in [-0.05, 0) is 31.0 Å². The van der Waals surface area contributed by atoms with Gasteiger partial charge in [0.15, 0.2) is 0 Å². The van der Waals surface area contributed by atoms with Crippen molar-refractivity contribution in [1.82, 2.24) is 0 Å². The molecule has 24 heavy (non-hydrogen) atoms. The number of ether oxygens (including phenoxy) is 2. The third-order valence-electron chi connectivity index (χ3n) is 3.40. The third-order valence-corrected chi connectivity index (χ3v) is 4.30. The number of esters is 1. The normalized spacial score (nSPS) is 10.3. The average Bonchev–Trinajstić information content (AvgIpc) is 2.99. The summed E-state index contributed by atoms with van der Waals surface area (Å²) in [7, 11) is 1.60. The second kappa shape index (κ2) is 8.49. The Kier molecular flexibility index (Phi) is 6.37. The Morgan fingerprint density at radius 2 is 1.88 bits per heavy atom. The highest BCUT2D eigenvalue weighted by molar-refractivity contribution is 7.15. The van der Waals surface area contributed by atoms with Crippen molar-refractivity contribution >= 4 is 28.2 Å². The lowest BCUT2D eigenvalue weighted by molar-refractivity contribution is -0.116. The van der Waals surface area contributed by atoms with E-state index in [1.54, 1.807) is 14.0 Å². The molecule has 0 aliphatic rings. The first-order valence-corrected chi connectivity index (χ1v) is 8.71. The molecule has 2 rings (SSSR count). The van der Waals surface area contributed by atoms with Crippen LogP contribution in [0.15, 0.2) is 29.6 Å². The van der Waals surface area contributed by atoms with E-state index in [9.17, 15) is 9.59 Å². The Morgan fingerprint density at radius 3 is 2.46 bits per heavy atom. The van der Waals surface area contributed by atoms with E-state index in [1.807, 2.05) is 36.6 Å². The Hall–Kier alpha value is -2.34. The van der Waals surface area contributed by atoms with Crippen LogP contribution in [0.25, 0.3) is 11.1 Å². The highest BCUT2D eigenvalue weighted by Gasteiger charge is 2.22. The minimum Gasteiger partial charge on any atom is -0.497 e. The van der Waals surface area contributed by atoms with E-state index in [1.165, 1.54) is 11.3 Å². The van der Waals surface area contributed by atoms with Crippen LogP contribution >= 0.6 is 11.3 Å². The fourth-order valence-electron chi connectivity index (χ4n) is 2.26. The molecular formula is C18H21NO4S. The van der Waals surface area contributed by atoms with E-state index in [2.05, 4.69) is 5.32 Å². The van der Waals surface area contributed by atoms with Gasteiger partial charge in [-0.3, -0.25) is 4.79 Å². The van der Waals surface area contributed by atoms with E-state index in [4.69, 9.17) is 9.47 Å². The Morgan fingerprint density at radius 1 is 1.17 bits per heavy atom. The number of hydrogen-bond donors (Lipinski definition) is 1. The zero-order valence-electron chi connectivity index (χ0n) is 14.0. The SMILES string of the molecule is CCCC(=O)Nc1scc(-c2ccc(OC)cc2)c1C(=O)OCC. The average molecular weight is 347 g/mol. The summed E-state index contributed by atoms with van der Waals surface area (Å²) < 4.78 is 10.3. The Labute approximate surface area is 145 Å². The summed E-state index contributed by atoms with van der Waals surface area (Å²) in [5.41, 5.74) is 2.01. The second-order valence-corrected chi connectivity index (χ2v) is 5.98. The minimum absolute atomic E-state index is 0.105. The van der Waals surface area contributed by atoms with Gasteiger partial charge >= 0.3 is 5.97 Å². The molecule has 0 atom stereocenters. The number of methoxy groups -OCH3 is 1. The second-order valence-electron chi connectivity index (χ2n) is 5.10. The Bertz CT molecular complexity index is 706. The van der Waals surface area contributed by atoms with Gasteiger partial charge in [0.1, 0.15) is 16.3 Å². The number of rotatable bonds is 7. The van der Waals surface area contributed by atoms with Crippen molar-refractivity contribution in [2.45, 2.75) is 26.7 Å². The summed E-state index contributed by atoms with van der Waals surface area (Å²) in [5, 5.41) is 5.20. The molecule has 1 amide bonds. The standard InChI is InChI=1S/C18H21NO4S/c1-4-6-15(20)19-17-16(18(21)23-5-2)14(11-24-17)12-7-9-13(22-3)10-8-12/h7-11H,4-6H2,1-3H3,(H,19,20). The molecule has 1 N–H and O–H groups in total. The molecule has 0 radical (unpaired) electrons. The van der Waals surface area contributed by atoms with E-state index >= 15 is 0 Å². The predicted octanol–water partition coefficient (Wildman–Crippen LogP) is 4.34. The molecule has 0 bridgehead atoms. The number of thiophene rings is 1. The first kappa shape index (κ1) is 18.0. The molecule has 0 unspecified atom stereocenters. The number of benzene rings is 1. The van der Waals surface area contributed by atoms with Crippen molar-refractivity contribution in [1.29, 1.82) is 0 Å². The summed E-state index contributed by atoms with van der Waals surface area (Å²) >= 11 is 1.33. The zero-order chi connectivity index (χ0) is 17.5. The van der Waals surface area contributed by atoms with Gasteiger partial charge in [0.2, 0.25) is 5.91 Å². The van der Waals surface area contributed by atoms with Gasteiger partial charge in [-0.25, -0.2) is 4.79 Å². The zero-order valence-corrected chi connectivity index (χ0v) is 14.9. The van der Waals surface area contributed by atoms with Gasteiger partial charge in [-0.2, -0.15) is 0 Å². The molecule has 6 heteroatoms. The van der Waals surface area contributed by atoms with Gasteiger partial charge in [-0.15, -0.1) is 11.3 Å². The summed E-state index contributed by atoms with van der Waals surface area (Å²) in [5.74, 6) is 0.200. The van der Waals surface area contributed by atoms with Crippen molar-refractivity contribution in [2.24, 2.45) is 0 Å². The molecule has 1 heterocycles. The van der Waals surface area contributed by atoms with Crippen molar-refractivity contribution < 1.29 is 19.1 Å². The van der Waals surface area contributed by atoms with Crippen molar-refractivity contribution in [3.8, 4) is 16.9 Å². The van der Waals surface area contributed by atoms with Crippen molar-refractivity contribution in [3.05, 3.63) is 35.2 Å². The maximum Gasteiger partial charge on any atom is 0.341 e. The molecule has 1 aromatic carbocycles. The first-order chi connectivity index (χ1) is 11.6. The fourth-order valence-corrected chi connectivity index (χ4v) is 3.23. The Balaban J connectivity index is 2.40. The molecule has 128 valence electrons. The van der Waals surface area contributed by atoms with E-state index < -0.39 is 5.97 Å². The minimum atomic E-state index is -0.434. The highest BCUT2D eigenvalue weighted by Crippen LogP contribution is 2.36. The van der Waals surface area contributed by atoms with Gasteiger partial charge < -0.3 is 14.8 Å². The monoisotopic (exact) mass is 347 g/mol. The van der Waals surface area contributed by atoms with Gasteiger partial charge in [0.05, 0.1) is 13.7 Å². The van der Waals surface area contributed by atoms with Crippen LogP contribution in [0.5, 0.6) is 5.75 Å². The van der Waals surface area contributed by atoms with E-state index in [-0.39, 0.29) is 12.5 Å². The van der Waals surface area contributed by atoms with Crippen LogP contribution in [0.3, 0.4) is 0 Å². The lowest BCUT2D eigenvalue weighted by Crippen LogP contribution is -2.14. The number of amides is 1. The number of carbonyl (C=O) groups is 2. The lowest BCUT2D eigenvalue weighted by atomic mass is 10.0. The highest BCUT2D eigenvalue weighted by atomic mass is 32.1. The van der Waals surface area contributed by atoms with Crippen LogP contribution < -0.4 is 10.1 Å². The maximum atomic E-state index is 12.4. The quantitative estimate of drug-likeness (QED) is 0.757. The van der Waals surface area contributed by atoms with E-state index in [0.29, 0.717) is 17.0 Å². The van der Waals surface area contributed by atoms with Crippen molar-refractivity contribution in [3.63, 3.8) is 0 Å². The summed E-state index contributed by atoms with van der Waals surface area (Å²) in [6.07, 6.45) is 1.16. The van der Waals surface area contributed by atoms with Crippen molar-refractivity contribution in [2.75, 3.05) is 19.0 Å². The molecule has 0 aliphatic carbocycles. The summed E-state index contributed by atoms with van der Waals surface area (Å²) in [6.45, 7) is 3.97. The first-order valence-electron chi connectivity index (χ1n) is 7.83. The van der Waals surface area contributed by atoms with Gasteiger partial charge in [-0.1, -0.05) is 19.1 Å². The molecule has 0 aliphatic heterocycles. The number of carbonyl (C=O) groups excluding carboxylic acids is 2. The van der Waals surface area contributed by atoms with Gasteiger partial charge in [0, 0.05) is 17.4 Å². The number of anilines is 1. The summed E-state index contributed by atoms with van der Waals surface area (Å²) in [4.78, 5) is 24.3. The molecule has 1 aromatic heterocycles. The largest absolute Gasteiger partial charge is 0.497 e. The van der Waals surface area contributed by atoms with Crippen LogP contribution in [-0.2, 0) is 9.53 Å². The van der Waals surface area contributed by atoms with Crippen LogP contribution in [0.4, 0.5) is 5.00 Å². The maximum absolute atomic E-state index is 12.4. The smallest absolute Gasteiger partial charge is 0.341 e. The molecule has 2 aromatic rings. The fraction of sp³-hybridized carbons (Fsp3) is 0.333. The lowest BCUT2D eigenvalue weighted by Gasteiger charge is -2.09. The molecule has 5 nitrogen and oxygen atoms in total. The molecule has 0 saturated carbocycles. The number of nitrogens with one attached hydrogen (secondary N) is 1. The molecular weight excluding hydrogens is 326 g/mol. The third kappa shape index (κ3) is 4.14. The van der Waals surface area contributed by atoms with Gasteiger partial charge in [0.25, 0.3) is 0 Å².